The zero-order valence-electron chi connectivity index (χ0n) is 25.3. The Balaban J connectivity index is 1.66. The van der Waals surface area contributed by atoms with Gasteiger partial charge in [-0.1, -0.05) is 70.5 Å². The Hall–Kier alpha value is -3.42. The summed E-state index contributed by atoms with van der Waals surface area (Å²) in [4.78, 5) is 35.7. The third kappa shape index (κ3) is 7.92. The van der Waals surface area contributed by atoms with Crippen molar-refractivity contribution in [1.29, 1.82) is 0 Å². The van der Waals surface area contributed by atoms with Crippen LogP contribution in [0.2, 0.25) is 0 Å². The number of esters is 1. The number of nitrogens with zero attached hydrogens (tertiary/aromatic N) is 2. The van der Waals surface area contributed by atoms with Gasteiger partial charge in [0.05, 0.1) is 29.1 Å². The van der Waals surface area contributed by atoms with Crippen molar-refractivity contribution in [2.75, 3.05) is 13.0 Å². The molecule has 1 heterocycles. The van der Waals surface area contributed by atoms with Gasteiger partial charge in [-0.25, -0.2) is 13.2 Å². The highest BCUT2D eigenvalue weighted by molar-refractivity contribution is 9.10. The molecule has 15 heteroatoms. The lowest BCUT2D eigenvalue weighted by molar-refractivity contribution is -0.160. The van der Waals surface area contributed by atoms with Crippen molar-refractivity contribution in [2.24, 2.45) is 5.41 Å². The van der Waals surface area contributed by atoms with Crippen LogP contribution < -0.4 is 5.69 Å². The van der Waals surface area contributed by atoms with E-state index in [1.807, 2.05) is 30.3 Å². The number of aromatic nitrogens is 2. The Bertz CT molecular complexity index is 1950. The van der Waals surface area contributed by atoms with Crippen molar-refractivity contribution >= 4 is 39.3 Å². The number of sulfone groups is 1. The fourth-order valence-electron chi connectivity index (χ4n) is 4.36. The predicted octanol–water partition coefficient (Wildman–Crippen LogP) is 6.38. The van der Waals surface area contributed by atoms with Crippen molar-refractivity contribution in [3.05, 3.63) is 111 Å². The summed E-state index contributed by atoms with van der Waals surface area (Å²) in [5.41, 5.74) is -4.38. The van der Waals surface area contributed by atoms with E-state index < -0.39 is 52.5 Å². The minimum absolute atomic E-state index is 0.0791. The molecule has 4 aromatic rings. The Kier molecular flexibility index (Phi) is 10.3. The van der Waals surface area contributed by atoms with E-state index in [2.05, 4.69) is 20.5 Å². The number of imidazole rings is 1. The lowest BCUT2D eigenvalue weighted by Gasteiger charge is -2.24. The number of benzene rings is 3. The van der Waals surface area contributed by atoms with Crippen LogP contribution in [0, 0.1) is 5.41 Å². The topological polar surface area (TPSA) is 134 Å². The molecular weight excluding hydrogens is 709 g/mol. The second-order valence-corrected chi connectivity index (χ2v) is 16.3. The minimum Gasteiger partial charge on any atom is -0.438 e. The highest BCUT2D eigenvalue weighted by Crippen LogP contribution is 2.64. The highest BCUT2D eigenvalue weighted by atomic mass is 79.9. The van der Waals surface area contributed by atoms with Crippen LogP contribution in [0.15, 0.2) is 93.2 Å². The smallest absolute Gasteiger partial charge is 0.404 e. The van der Waals surface area contributed by atoms with Crippen molar-refractivity contribution < 1.29 is 40.7 Å². The zero-order chi connectivity index (χ0) is 34.1. The van der Waals surface area contributed by atoms with Gasteiger partial charge in [-0.15, -0.1) is 0 Å². The Morgan fingerprint density at radius 2 is 1.61 bits per heavy atom. The average molecular weight is 742 g/mol. The van der Waals surface area contributed by atoms with E-state index in [1.54, 1.807) is 18.3 Å². The highest BCUT2D eigenvalue weighted by Gasteiger charge is 2.54. The predicted molar refractivity (Wildman–Crippen MR) is 171 cm³/mol. The molecule has 0 amide bonds. The minimum atomic E-state index is -5.68. The second kappa shape index (κ2) is 13.4. The fraction of sp³-hybridized carbons (Fsp3) is 0.290. The van der Waals surface area contributed by atoms with Crippen LogP contribution in [0.25, 0.3) is 11.3 Å². The Morgan fingerprint density at radius 1 is 0.978 bits per heavy atom. The molecule has 0 bridgehead atoms. The number of hydrogen-bond acceptors (Lipinski definition) is 7. The van der Waals surface area contributed by atoms with Gasteiger partial charge in [-0.05, 0) is 55.7 Å². The van der Waals surface area contributed by atoms with Crippen LogP contribution in [0.4, 0.5) is 8.78 Å². The molecule has 10 nitrogen and oxygen atoms in total. The third-order valence-corrected chi connectivity index (χ3v) is 10.1. The Labute approximate surface area is 273 Å². The van der Waals surface area contributed by atoms with Crippen molar-refractivity contribution in [3.63, 3.8) is 0 Å². The first kappa shape index (κ1) is 35.4. The van der Waals surface area contributed by atoms with Gasteiger partial charge in [0.25, 0.3) is 0 Å². The van der Waals surface area contributed by atoms with Crippen LogP contribution in [0.5, 0.6) is 0 Å². The molecule has 0 saturated carbocycles. The molecule has 3 aromatic carbocycles. The summed E-state index contributed by atoms with van der Waals surface area (Å²) in [5.74, 6) is -0.806. The standard InChI is InChI=1S/C31H32BrF2N2O8PS/c1-30(2,3)28(37)43-20-44-45(39,40)31(33,34)25-15-10-22(16-26(25)32)18-36-27(23-11-13-24(14-12-23)46(4,41)42)19-35(29(36)38)17-21-8-6-5-7-9-21/h5-16,19H,17-18,20H2,1-4H3,(H,39,40). The number of carbonyl (C=O) groups is 1. The molecular formula is C31H32BrF2N2O8PS. The molecule has 1 aromatic heterocycles. The molecule has 4 rings (SSSR count). The molecule has 246 valence electrons. The summed E-state index contributed by atoms with van der Waals surface area (Å²) in [7, 11) is -9.14. The molecule has 0 aliphatic heterocycles. The van der Waals surface area contributed by atoms with E-state index in [1.165, 1.54) is 54.2 Å². The number of carbonyl (C=O) groups excluding carboxylic acids is 1. The van der Waals surface area contributed by atoms with Gasteiger partial charge in [0.1, 0.15) is 0 Å². The zero-order valence-corrected chi connectivity index (χ0v) is 28.6. The van der Waals surface area contributed by atoms with Gasteiger partial charge in [-0.2, -0.15) is 8.78 Å². The molecule has 0 fully saturated rings. The maximum absolute atomic E-state index is 15.3. The largest absolute Gasteiger partial charge is 0.438 e. The van der Waals surface area contributed by atoms with E-state index in [9.17, 15) is 27.5 Å². The molecule has 1 unspecified atom stereocenters. The van der Waals surface area contributed by atoms with E-state index in [0.717, 1.165) is 17.9 Å². The molecule has 0 spiro atoms. The first-order valence-electron chi connectivity index (χ1n) is 13.8. The summed E-state index contributed by atoms with van der Waals surface area (Å²) in [6.45, 7) is 3.57. The molecule has 0 aliphatic rings. The second-order valence-electron chi connectivity index (χ2n) is 11.6. The number of ether oxygens (including phenoxy) is 1. The van der Waals surface area contributed by atoms with Crippen LogP contribution in [0.3, 0.4) is 0 Å². The molecule has 0 aliphatic carbocycles. The maximum atomic E-state index is 15.3. The van der Waals surface area contributed by atoms with E-state index in [-0.39, 0.29) is 22.5 Å². The summed E-state index contributed by atoms with van der Waals surface area (Å²) in [5, 5.41) is 0. The quantitative estimate of drug-likeness (QED) is 0.106. The number of halogens is 3. The summed E-state index contributed by atoms with van der Waals surface area (Å²) in [6, 6.07) is 18.8. The average Bonchev–Trinajstić information content (AvgIpc) is 3.26. The summed E-state index contributed by atoms with van der Waals surface area (Å²) >= 11 is 3.06. The van der Waals surface area contributed by atoms with E-state index in [0.29, 0.717) is 16.8 Å². The number of alkyl halides is 2. The van der Waals surface area contributed by atoms with Gasteiger partial charge < -0.3 is 9.63 Å². The number of rotatable bonds is 11. The first-order chi connectivity index (χ1) is 21.3. The van der Waals surface area contributed by atoms with Crippen LogP contribution in [0.1, 0.15) is 37.5 Å². The van der Waals surface area contributed by atoms with Gasteiger partial charge in [-0.3, -0.25) is 23.0 Å². The monoisotopic (exact) mass is 740 g/mol. The molecule has 46 heavy (non-hydrogen) atoms. The maximum Gasteiger partial charge on any atom is 0.404 e. The Morgan fingerprint density at radius 3 is 2.17 bits per heavy atom. The van der Waals surface area contributed by atoms with Crippen molar-refractivity contribution in [1.82, 2.24) is 9.13 Å². The van der Waals surface area contributed by atoms with Gasteiger partial charge >= 0.3 is 24.9 Å². The number of hydrogen-bond donors (Lipinski definition) is 1. The van der Waals surface area contributed by atoms with Crippen molar-refractivity contribution in [3.8, 4) is 11.3 Å². The first-order valence-corrected chi connectivity index (χ1v) is 18.0. The van der Waals surface area contributed by atoms with Gasteiger partial charge in [0.15, 0.2) is 9.84 Å². The van der Waals surface area contributed by atoms with Gasteiger partial charge in [0.2, 0.25) is 6.79 Å². The van der Waals surface area contributed by atoms with Crippen LogP contribution in [-0.4, -0.2) is 41.5 Å². The van der Waals surface area contributed by atoms with Crippen LogP contribution >= 0.6 is 23.5 Å². The van der Waals surface area contributed by atoms with Gasteiger partial charge in [0, 0.05) is 22.5 Å². The lowest BCUT2D eigenvalue weighted by atomic mass is 9.98. The fourth-order valence-corrected chi connectivity index (χ4v) is 6.68. The molecule has 0 radical (unpaired) electrons. The third-order valence-electron chi connectivity index (χ3n) is 6.90. The normalized spacial score (nSPS) is 13.7. The SMILES string of the molecule is CC(C)(C)C(=O)OCOP(=O)(O)C(F)(F)c1ccc(Cn2c(-c3ccc(S(C)(=O)=O)cc3)cn(Cc3ccccc3)c2=O)cc1Br. The van der Waals surface area contributed by atoms with Crippen molar-refractivity contribution in [2.45, 2.75) is 44.4 Å². The van der Waals surface area contributed by atoms with E-state index >= 15 is 8.78 Å². The summed E-state index contributed by atoms with van der Waals surface area (Å²) < 4.78 is 78.9. The lowest BCUT2D eigenvalue weighted by Crippen LogP contribution is -2.25. The van der Waals surface area contributed by atoms with E-state index in [4.69, 9.17) is 4.74 Å². The summed E-state index contributed by atoms with van der Waals surface area (Å²) in [6.07, 6.45) is 2.72. The molecule has 1 N–H and O–H groups in total. The molecule has 1 atom stereocenters. The molecule has 0 saturated heterocycles. The van der Waals surface area contributed by atoms with Crippen LogP contribution in [-0.2, 0) is 47.2 Å².